The third-order valence-electron chi connectivity index (χ3n) is 2.78. The molecule has 94 valence electrons. The first kappa shape index (κ1) is 12.5. The average Bonchev–Trinajstić information content (AvgIpc) is 2.69. The van der Waals surface area contributed by atoms with E-state index in [1.165, 1.54) is 28.6 Å². The van der Waals surface area contributed by atoms with Crippen molar-refractivity contribution in [3.05, 3.63) is 35.6 Å². The van der Waals surface area contributed by atoms with E-state index in [-0.39, 0.29) is 18.1 Å². The van der Waals surface area contributed by atoms with Crippen molar-refractivity contribution in [2.45, 2.75) is 18.3 Å². The van der Waals surface area contributed by atoms with Crippen molar-refractivity contribution in [2.75, 3.05) is 13.1 Å². The summed E-state index contributed by atoms with van der Waals surface area (Å²) in [6.45, 7) is 0.508. The highest BCUT2D eigenvalue weighted by atomic mass is 32.2. The minimum Gasteiger partial charge on any atom is -0.392 e. The Morgan fingerprint density at radius 3 is 2.53 bits per heavy atom. The van der Waals surface area contributed by atoms with Crippen LogP contribution in [0, 0.1) is 5.82 Å². The summed E-state index contributed by atoms with van der Waals surface area (Å²) in [6, 6.07) is 5.39. The SMILES string of the molecule is O=S(=O)(Cc1ccc(F)cc1)N1CC[C@H](O)C1. The molecule has 4 nitrogen and oxygen atoms in total. The largest absolute Gasteiger partial charge is 0.392 e. The highest BCUT2D eigenvalue weighted by Gasteiger charge is 2.30. The summed E-state index contributed by atoms with van der Waals surface area (Å²) >= 11 is 0. The fraction of sp³-hybridized carbons (Fsp3) is 0.455. The Kier molecular flexibility index (Phi) is 3.46. The first-order valence-electron chi connectivity index (χ1n) is 5.38. The van der Waals surface area contributed by atoms with E-state index in [2.05, 4.69) is 0 Å². The third kappa shape index (κ3) is 3.02. The maximum atomic E-state index is 12.7. The van der Waals surface area contributed by atoms with Gasteiger partial charge in [-0.15, -0.1) is 0 Å². The molecule has 6 heteroatoms. The Hall–Kier alpha value is -0.980. The second kappa shape index (κ2) is 4.72. The average molecular weight is 259 g/mol. The van der Waals surface area contributed by atoms with E-state index >= 15 is 0 Å². The van der Waals surface area contributed by atoms with Gasteiger partial charge in [0, 0.05) is 13.1 Å². The van der Waals surface area contributed by atoms with Crippen molar-refractivity contribution >= 4 is 10.0 Å². The summed E-state index contributed by atoms with van der Waals surface area (Å²) in [4.78, 5) is 0. The van der Waals surface area contributed by atoms with Crippen molar-refractivity contribution in [1.82, 2.24) is 4.31 Å². The molecule has 0 aromatic heterocycles. The van der Waals surface area contributed by atoms with Crippen LogP contribution < -0.4 is 0 Å². The third-order valence-corrected chi connectivity index (χ3v) is 4.60. The molecule has 1 atom stereocenters. The Morgan fingerprint density at radius 2 is 2.00 bits per heavy atom. The van der Waals surface area contributed by atoms with Crippen molar-refractivity contribution in [2.24, 2.45) is 0 Å². The van der Waals surface area contributed by atoms with Crippen LogP contribution in [0.2, 0.25) is 0 Å². The molecule has 0 unspecified atom stereocenters. The molecule has 1 heterocycles. The Morgan fingerprint density at radius 1 is 1.35 bits per heavy atom. The number of β-amino-alcohol motifs (C(OH)–C–C–N with tert-alkyl or cyclic N) is 1. The highest BCUT2D eigenvalue weighted by Crippen LogP contribution is 2.17. The lowest BCUT2D eigenvalue weighted by Gasteiger charge is -2.15. The summed E-state index contributed by atoms with van der Waals surface area (Å²) < 4.78 is 37.9. The van der Waals surface area contributed by atoms with Gasteiger partial charge in [0.2, 0.25) is 10.0 Å². The zero-order valence-electron chi connectivity index (χ0n) is 9.21. The number of benzene rings is 1. The molecule has 0 aliphatic carbocycles. The topological polar surface area (TPSA) is 57.6 Å². The second-order valence-corrected chi connectivity index (χ2v) is 6.15. The van der Waals surface area contributed by atoms with E-state index in [0.29, 0.717) is 18.5 Å². The Balaban J connectivity index is 2.09. The fourth-order valence-electron chi connectivity index (χ4n) is 1.85. The van der Waals surface area contributed by atoms with Crippen LogP contribution in [0.1, 0.15) is 12.0 Å². The summed E-state index contributed by atoms with van der Waals surface area (Å²) in [7, 11) is -3.41. The lowest BCUT2D eigenvalue weighted by Crippen LogP contribution is -2.30. The number of hydrogen-bond acceptors (Lipinski definition) is 3. The van der Waals surface area contributed by atoms with Crippen molar-refractivity contribution in [3.8, 4) is 0 Å². The van der Waals surface area contributed by atoms with Crippen LogP contribution in [-0.2, 0) is 15.8 Å². The molecule has 0 radical (unpaired) electrons. The number of hydrogen-bond donors (Lipinski definition) is 1. The number of rotatable bonds is 3. The molecular formula is C11H14FNO3S. The molecular weight excluding hydrogens is 245 g/mol. The summed E-state index contributed by atoms with van der Waals surface area (Å²) in [6.07, 6.45) is -0.0965. The number of halogens is 1. The van der Waals surface area contributed by atoms with Crippen molar-refractivity contribution in [1.29, 1.82) is 0 Å². The maximum absolute atomic E-state index is 12.7. The quantitative estimate of drug-likeness (QED) is 0.870. The second-order valence-electron chi connectivity index (χ2n) is 4.18. The lowest BCUT2D eigenvalue weighted by molar-refractivity contribution is 0.189. The van der Waals surface area contributed by atoms with Gasteiger partial charge >= 0.3 is 0 Å². The molecule has 1 aliphatic rings. The predicted molar refractivity (Wildman–Crippen MR) is 61.2 cm³/mol. The first-order chi connectivity index (χ1) is 7.97. The van der Waals surface area contributed by atoms with Gasteiger partial charge in [0.25, 0.3) is 0 Å². The Bertz CT molecular complexity index is 486. The monoisotopic (exact) mass is 259 g/mol. The molecule has 1 N–H and O–H groups in total. The molecule has 0 saturated carbocycles. The van der Waals surface area contributed by atoms with Crippen LogP contribution in [0.5, 0.6) is 0 Å². The van der Waals surface area contributed by atoms with E-state index in [0.717, 1.165) is 0 Å². The van der Waals surface area contributed by atoms with Crippen molar-refractivity contribution < 1.29 is 17.9 Å². The molecule has 1 aromatic carbocycles. The Labute approximate surface area is 99.7 Å². The van der Waals surface area contributed by atoms with Crippen LogP contribution in [0.3, 0.4) is 0 Å². The molecule has 0 bridgehead atoms. The van der Waals surface area contributed by atoms with Gasteiger partial charge in [0.05, 0.1) is 11.9 Å². The zero-order valence-corrected chi connectivity index (χ0v) is 10.0. The molecule has 0 spiro atoms. The van der Waals surface area contributed by atoms with Gasteiger partial charge in [-0.25, -0.2) is 12.8 Å². The minimum absolute atomic E-state index is 0.153. The van der Waals surface area contributed by atoms with Gasteiger partial charge in [-0.2, -0.15) is 4.31 Å². The minimum atomic E-state index is -3.41. The van der Waals surface area contributed by atoms with E-state index in [4.69, 9.17) is 0 Å². The number of nitrogens with zero attached hydrogens (tertiary/aromatic N) is 1. The molecule has 17 heavy (non-hydrogen) atoms. The molecule has 1 fully saturated rings. The van der Waals surface area contributed by atoms with Gasteiger partial charge in [0.15, 0.2) is 0 Å². The molecule has 1 aliphatic heterocycles. The highest BCUT2D eigenvalue weighted by molar-refractivity contribution is 7.88. The zero-order chi connectivity index (χ0) is 12.5. The summed E-state index contributed by atoms with van der Waals surface area (Å²) in [5.74, 6) is -0.539. The number of aliphatic hydroxyl groups is 1. The van der Waals surface area contributed by atoms with E-state index in [9.17, 15) is 17.9 Å². The van der Waals surface area contributed by atoms with Gasteiger partial charge < -0.3 is 5.11 Å². The molecule has 1 saturated heterocycles. The first-order valence-corrected chi connectivity index (χ1v) is 6.98. The van der Waals surface area contributed by atoms with Crippen molar-refractivity contribution in [3.63, 3.8) is 0 Å². The van der Waals surface area contributed by atoms with E-state index in [1.54, 1.807) is 0 Å². The smallest absolute Gasteiger partial charge is 0.218 e. The maximum Gasteiger partial charge on any atom is 0.218 e. The standard InChI is InChI=1S/C11H14FNO3S/c12-10-3-1-9(2-4-10)8-17(15,16)13-6-5-11(14)7-13/h1-4,11,14H,5-8H2/t11-/m0/s1. The van der Waals surface area contributed by atoms with Crippen LogP contribution in [0.15, 0.2) is 24.3 Å². The number of sulfonamides is 1. The van der Waals surface area contributed by atoms with Gasteiger partial charge in [-0.3, -0.25) is 0 Å². The molecule has 0 amide bonds. The molecule has 1 aromatic rings. The van der Waals surface area contributed by atoms with E-state index < -0.39 is 16.1 Å². The fourth-order valence-corrected chi connectivity index (χ4v) is 3.42. The summed E-state index contributed by atoms with van der Waals surface area (Å²) in [5, 5.41) is 9.31. The van der Waals surface area contributed by atoms with Crippen LogP contribution >= 0.6 is 0 Å². The van der Waals surface area contributed by atoms with Gasteiger partial charge in [0.1, 0.15) is 5.82 Å². The van der Waals surface area contributed by atoms with Crippen LogP contribution in [-0.4, -0.2) is 37.0 Å². The predicted octanol–water partition coefficient (Wildman–Crippen LogP) is 0.722. The van der Waals surface area contributed by atoms with Crippen LogP contribution in [0.4, 0.5) is 4.39 Å². The normalized spacial score (nSPS) is 21.9. The van der Waals surface area contributed by atoms with Gasteiger partial charge in [-0.1, -0.05) is 12.1 Å². The van der Waals surface area contributed by atoms with Gasteiger partial charge in [-0.05, 0) is 24.1 Å². The van der Waals surface area contributed by atoms with E-state index in [1.807, 2.05) is 0 Å². The summed E-state index contributed by atoms with van der Waals surface area (Å²) in [5.41, 5.74) is 0.549. The van der Waals surface area contributed by atoms with Crippen LogP contribution in [0.25, 0.3) is 0 Å². The lowest BCUT2D eigenvalue weighted by atomic mass is 10.2. The number of aliphatic hydroxyl groups excluding tert-OH is 1. The molecule has 2 rings (SSSR count).